The Bertz CT molecular complexity index is 223. The summed E-state index contributed by atoms with van der Waals surface area (Å²) in [6.07, 6.45) is 0. The maximum Gasteiger partial charge on any atom is 0.173 e. The largest absolute Gasteiger partial charge is 0.429 e. The van der Waals surface area contributed by atoms with E-state index in [-0.39, 0.29) is 0 Å². The van der Waals surface area contributed by atoms with Gasteiger partial charge in [-0.3, -0.25) is 0 Å². The predicted molar refractivity (Wildman–Crippen MR) is 41.4 cm³/mol. The quantitative estimate of drug-likeness (QED) is 0.428. The van der Waals surface area contributed by atoms with Crippen LogP contribution in [0.5, 0.6) is 0 Å². The summed E-state index contributed by atoms with van der Waals surface area (Å²) in [5, 5.41) is 6.32. The summed E-state index contributed by atoms with van der Waals surface area (Å²) in [6.45, 7) is 0. The molecule has 4 heteroatoms. The van der Waals surface area contributed by atoms with Crippen LogP contribution < -0.4 is 16.9 Å². The summed E-state index contributed by atoms with van der Waals surface area (Å²) >= 11 is 0. The highest BCUT2D eigenvalue weighted by Crippen LogP contribution is 2.03. The molecule has 0 aliphatic carbocycles. The van der Waals surface area contributed by atoms with Gasteiger partial charge in [-0.1, -0.05) is 5.68 Å². The second kappa shape index (κ2) is 2.06. The number of hydrogen-bond acceptors (Lipinski definition) is 3. The Morgan fingerprint density at radius 3 is 2.44 bits per heavy atom. The summed E-state index contributed by atoms with van der Waals surface area (Å²) in [5.74, 6) is 0. The molecule has 0 saturated heterocycles. The maximum atomic E-state index is 5.59. The van der Waals surface area contributed by atoms with E-state index in [0.717, 1.165) is 5.30 Å². The van der Waals surface area contributed by atoms with E-state index in [0.29, 0.717) is 5.69 Å². The Morgan fingerprint density at radius 2 is 2.00 bits per heavy atom. The minimum atomic E-state index is -1.05. The molecule has 0 radical (unpaired) electrons. The number of anilines is 2. The normalized spacial score (nSPS) is 9.33. The minimum Gasteiger partial charge on any atom is -0.429 e. The first kappa shape index (κ1) is 6.09. The maximum absolute atomic E-state index is 5.59. The molecule has 0 amide bonds. The third-order valence-corrected chi connectivity index (χ3v) is 2.45. The van der Waals surface area contributed by atoms with Gasteiger partial charge >= 0.3 is 0 Å². The number of hydrogen-bond donors (Lipinski definition) is 3. The predicted octanol–water partition coefficient (Wildman–Crippen LogP) is -0.410. The van der Waals surface area contributed by atoms with Gasteiger partial charge in [0.25, 0.3) is 0 Å². The molecule has 0 unspecified atom stereocenters. The summed E-state index contributed by atoms with van der Waals surface area (Å²) < 4.78 is 0. The van der Waals surface area contributed by atoms with Crippen LogP contribution in [0.1, 0.15) is 0 Å². The Balaban J connectivity index is 3.17. The van der Waals surface area contributed by atoms with Crippen molar-refractivity contribution < 1.29 is 0 Å². The zero-order chi connectivity index (χ0) is 6.85. The average Bonchev–Trinajstić information content (AvgIpc) is 1.80. The van der Waals surface area contributed by atoms with Crippen LogP contribution >= 0.6 is 0 Å². The zero-order valence-corrected chi connectivity index (χ0v) is 5.96. The molecule has 1 rings (SSSR count). The van der Waals surface area contributed by atoms with E-state index in [2.05, 4.69) is 0 Å². The molecule has 0 aliphatic heterocycles. The fraction of sp³-hybridized carbons (Fsp3) is 0. The van der Waals surface area contributed by atoms with Crippen molar-refractivity contribution in [3.8, 4) is 0 Å². The van der Waals surface area contributed by atoms with Gasteiger partial charge in [0.1, 0.15) is 0 Å². The van der Waals surface area contributed by atoms with Crippen LogP contribution in [0.15, 0.2) is 17.8 Å². The fourth-order valence-corrected chi connectivity index (χ4v) is 1.49. The number of nitrogens with two attached hydrogens (primary N) is 3. The van der Waals surface area contributed by atoms with Crippen molar-refractivity contribution in [1.29, 1.82) is 0 Å². The molecule has 9 heavy (non-hydrogen) atoms. The first-order valence-electron chi connectivity index (χ1n) is 2.60. The molecule has 0 bridgehead atoms. The van der Waals surface area contributed by atoms with Crippen LogP contribution in [0.2, 0.25) is 0 Å². The molecule has 0 saturated carbocycles. The van der Waals surface area contributed by atoms with E-state index in [4.69, 9.17) is 16.9 Å². The topological polar surface area (TPSA) is 78.1 Å². The molecule has 0 aliphatic rings. The van der Waals surface area contributed by atoms with Gasteiger partial charge in [0.15, 0.2) is 8.56 Å². The van der Waals surface area contributed by atoms with Gasteiger partial charge in [-0.2, -0.15) is 0 Å². The minimum absolute atomic E-state index is 0.687. The summed E-state index contributed by atoms with van der Waals surface area (Å²) in [4.78, 5) is 0. The van der Waals surface area contributed by atoms with E-state index in [1.54, 1.807) is 12.1 Å². The number of nitrogen functional groups attached to an aromatic ring is 3. The van der Waals surface area contributed by atoms with Gasteiger partial charge in [0.2, 0.25) is 0 Å². The Morgan fingerprint density at radius 1 is 1.33 bits per heavy atom. The van der Waals surface area contributed by atoms with Crippen molar-refractivity contribution in [2.45, 2.75) is 0 Å². The molecule has 1 aromatic heterocycles. The lowest BCUT2D eigenvalue weighted by atomic mass is 10.5. The Labute approximate surface area is 55.1 Å². The molecule has 1 heterocycles. The zero-order valence-electron chi connectivity index (χ0n) is 4.96. The molecular formula is C5H9N3Si. The smallest absolute Gasteiger partial charge is 0.173 e. The van der Waals surface area contributed by atoms with Crippen molar-refractivity contribution in [2.75, 3.05) is 16.9 Å². The van der Waals surface area contributed by atoms with Gasteiger partial charge in [-0.05, 0) is 12.1 Å². The molecule has 48 valence electrons. The lowest BCUT2D eigenvalue weighted by molar-refractivity contribution is 1.75. The van der Waals surface area contributed by atoms with Crippen molar-refractivity contribution >= 4 is 19.5 Å². The molecular weight excluding hydrogens is 130 g/mol. The third kappa shape index (κ3) is 1.20. The first-order valence-corrected chi connectivity index (χ1v) is 4.26. The lowest BCUT2D eigenvalue weighted by Gasteiger charge is -1.97. The van der Waals surface area contributed by atoms with Gasteiger partial charge in [0.05, 0.1) is 0 Å². The van der Waals surface area contributed by atoms with E-state index < -0.39 is 8.56 Å². The fourth-order valence-electron chi connectivity index (χ4n) is 0.593. The Hall–Kier alpha value is -1.03. The molecule has 0 spiro atoms. The molecule has 0 aromatic carbocycles. The van der Waals surface area contributed by atoms with Gasteiger partial charge < -0.3 is 16.9 Å². The van der Waals surface area contributed by atoms with Gasteiger partial charge in [-0.25, -0.2) is 0 Å². The lowest BCUT2D eigenvalue weighted by Crippen LogP contribution is -2.15. The van der Waals surface area contributed by atoms with Crippen molar-refractivity contribution in [2.24, 2.45) is 0 Å². The third-order valence-electron chi connectivity index (χ3n) is 1.11. The van der Waals surface area contributed by atoms with Crippen LogP contribution in [0.3, 0.4) is 0 Å². The van der Waals surface area contributed by atoms with Crippen LogP contribution in [0, 0.1) is 0 Å². The molecule has 0 atom stereocenters. The van der Waals surface area contributed by atoms with E-state index in [9.17, 15) is 0 Å². The van der Waals surface area contributed by atoms with Crippen LogP contribution in [0.4, 0.5) is 11.0 Å². The van der Waals surface area contributed by atoms with Crippen LogP contribution in [-0.2, 0) is 0 Å². The van der Waals surface area contributed by atoms with Crippen LogP contribution in [-0.4, -0.2) is 8.56 Å². The molecule has 1 aromatic rings. The van der Waals surface area contributed by atoms with E-state index in [1.807, 2.05) is 5.68 Å². The monoisotopic (exact) mass is 139 g/mol. The SMILES string of the molecule is Nc1cc[si](N)c(N)c1. The van der Waals surface area contributed by atoms with Crippen molar-refractivity contribution in [1.82, 2.24) is 0 Å². The highest BCUT2D eigenvalue weighted by molar-refractivity contribution is 6.58. The summed E-state index contributed by atoms with van der Waals surface area (Å²) in [6, 6.07) is 3.51. The highest BCUT2D eigenvalue weighted by Gasteiger charge is 1.92. The van der Waals surface area contributed by atoms with Crippen molar-refractivity contribution in [3.63, 3.8) is 0 Å². The number of rotatable bonds is 0. The molecule has 3 nitrogen and oxygen atoms in total. The standard InChI is InChI=1S/C5H9N3Si/c6-4-1-2-9(8)5(7)3-4/h1-3H,6-8H2. The first-order chi connectivity index (χ1) is 4.20. The molecule has 0 fully saturated rings. The van der Waals surface area contributed by atoms with Gasteiger partial charge in [-0.15, -0.1) is 0 Å². The summed E-state index contributed by atoms with van der Waals surface area (Å²) in [5.41, 5.74) is 13.5. The van der Waals surface area contributed by atoms with Crippen molar-refractivity contribution in [3.05, 3.63) is 17.8 Å². The van der Waals surface area contributed by atoms with E-state index >= 15 is 0 Å². The summed E-state index contributed by atoms with van der Waals surface area (Å²) in [7, 11) is -1.05. The second-order valence-corrected chi connectivity index (χ2v) is 3.71. The van der Waals surface area contributed by atoms with Gasteiger partial charge in [0, 0.05) is 11.0 Å². The Kier molecular flexibility index (Phi) is 1.40. The second-order valence-electron chi connectivity index (χ2n) is 1.89. The van der Waals surface area contributed by atoms with E-state index in [1.165, 1.54) is 0 Å². The highest BCUT2D eigenvalue weighted by atomic mass is 28.2. The average molecular weight is 139 g/mol. The molecule has 6 N–H and O–H groups in total. The van der Waals surface area contributed by atoms with Crippen LogP contribution in [0.25, 0.3) is 0 Å².